The van der Waals surface area contributed by atoms with Crippen LogP contribution >= 0.6 is 0 Å². The van der Waals surface area contributed by atoms with Crippen molar-refractivity contribution in [3.05, 3.63) is 0 Å². The van der Waals surface area contributed by atoms with Gasteiger partial charge in [-0.15, -0.1) is 0 Å². The van der Waals surface area contributed by atoms with Crippen LogP contribution < -0.4 is 16.0 Å². The molecule has 0 aromatic rings. The molecule has 0 aromatic heterocycles. The van der Waals surface area contributed by atoms with Crippen LogP contribution in [-0.4, -0.2) is 72.5 Å². The third-order valence-electron chi connectivity index (χ3n) is 6.11. The normalized spacial score (nSPS) is 16.9. The second kappa shape index (κ2) is 15.3. The largest absolute Gasteiger partial charge is 0.444 e. The average molecular weight is 526 g/mol. The Morgan fingerprint density at radius 1 is 0.784 bits per heavy atom. The van der Waals surface area contributed by atoms with Gasteiger partial charge in [0.2, 0.25) is 0 Å². The molecule has 0 aliphatic carbocycles. The lowest BCUT2D eigenvalue weighted by molar-refractivity contribution is 0.0476. The topological polar surface area (TPSA) is 104 Å². The number of hydrogen-bond donors (Lipinski definition) is 3. The first-order chi connectivity index (χ1) is 17.1. The van der Waals surface area contributed by atoms with Gasteiger partial charge in [0, 0.05) is 38.3 Å². The fourth-order valence-corrected chi connectivity index (χ4v) is 4.08. The van der Waals surface area contributed by atoms with Gasteiger partial charge in [-0.2, -0.15) is 0 Å². The number of piperidine rings is 1. The molecule has 2 atom stereocenters. The lowest BCUT2D eigenvalue weighted by atomic mass is 10.0. The highest BCUT2D eigenvalue weighted by Crippen LogP contribution is 2.13. The lowest BCUT2D eigenvalue weighted by Gasteiger charge is -2.31. The standard InChI is InChI=1S/C28H55N5O4/c1-20(2)22(31-25(34)36-27(5,6)7)14-16-29-24(33-18-12-11-13-19-33)30-17-15-23(21(3)4)32-26(35)37-28(8,9)10/h20-23H,11-19H2,1-10H3,(H,29,30)(H,31,34)(H,32,35)/t22-,23-/m1/s1. The minimum atomic E-state index is -0.526. The van der Waals surface area contributed by atoms with Crippen LogP contribution in [0, 0.1) is 11.8 Å². The van der Waals surface area contributed by atoms with E-state index in [2.05, 4.69) is 48.5 Å². The van der Waals surface area contributed by atoms with Gasteiger partial charge < -0.3 is 30.3 Å². The SMILES string of the molecule is CC(C)[C@@H](CCN=C(NCC[C@@H](NC(=O)OC(C)(C)C)C(C)C)N1CCCCC1)NC(=O)OC(C)(C)C. The first-order valence-corrected chi connectivity index (χ1v) is 14.1. The Kier molecular flexibility index (Phi) is 13.6. The first kappa shape index (κ1) is 32.8. The molecule has 9 nitrogen and oxygen atoms in total. The predicted molar refractivity (Wildman–Crippen MR) is 151 cm³/mol. The van der Waals surface area contributed by atoms with Crippen molar-refractivity contribution < 1.29 is 19.1 Å². The van der Waals surface area contributed by atoms with E-state index in [4.69, 9.17) is 14.5 Å². The number of carbonyl (C=O) groups is 2. The second-order valence-corrected chi connectivity index (χ2v) is 12.8. The van der Waals surface area contributed by atoms with Gasteiger partial charge in [-0.25, -0.2) is 9.59 Å². The molecular formula is C28H55N5O4. The number of hydrogen-bond acceptors (Lipinski definition) is 5. The summed E-state index contributed by atoms with van der Waals surface area (Å²) in [6.07, 6.45) is 4.28. The van der Waals surface area contributed by atoms with Crippen LogP contribution in [0.1, 0.15) is 101 Å². The summed E-state index contributed by atoms with van der Waals surface area (Å²) in [5, 5.41) is 9.58. The Bertz CT molecular complexity index is 719. The molecule has 3 N–H and O–H groups in total. The maximum absolute atomic E-state index is 12.3. The third-order valence-corrected chi connectivity index (χ3v) is 6.11. The van der Waals surface area contributed by atoms with Crippen LogP contribution in [0.3, 0.4) is 0 Å². The monoisotopic (exact) mass is 525 g/mol. The fraction of sp³-hybridized carbons (Fsp3) is 0.893. The molecule has 1 aliphatic heterocycles. The van der Waals surface area contributed by atoms with Gasteiger partial charge in [-0.05, 0) is 85.5 Å². The van der Waals surface area contributed by atoms with Crippen molar-refractivity contribution >= 4 is 18.1 Å². The van der Waals surface area contributed by atoms with Crippen molar-refractivity contribution in [2.24, 2.45) is 16.8 Å². The van der Waals surface area contributed by atoms with E-state index >= 15 is 0 Å². The molecular weight excluding hydrogens is 470 g/mol. The summed E-state index contributed by atoms with van der Waals surface area (Å²) in [4.78, 5) is 31.9. The van der Waals surface area contributed by atoms with Crippen molar-refractivity contribution in [3.8, 4) is 0 Å². The van der Waals surface area contributed by atoms with Gasteiger partial charge >= 0.3 is 12.2 Å². The third kappa shape index (κ3) is 15.0. The number of nitrogens with zero attached hydrogens (tertiary/aromatic N) is 2. The van der Waals surface area contributed by atoms with Gasteiger partial charge in [0.05, 0.1) is 0 Å². The van der Waals surface area contributed by atoms with Crippen molar-refractivity contribution in [2.75, 3.05) is 26.2 Å². The molecule has 0 spiro atoms. The van der Waals surface area contributed by atoms with Gasteiger partial charge in [0.15, 0.2) is 5.96 Å². The van der Waals surface area contributed by atoms with E-state index in [0.29, 0.717) is 13.1 Å². The summed E-state index contributed by atoms with van der Waals surface area (Å²) in [5.41, 5.74) is -1.05. The molecule has 0 aromatic carbocycles. The number of aliphatic imine (C=N–C) groups is 1. The van der Waals surface area contributed by atoms with Gasteiger partial charge in [0.25, 0.3) is 0 Å². The molecule has 0 radical (unpaired) electrons. The van der Waals surface area contributed by atoms with Gasteiger partial charge in [0.1, 0.15) is 11.2 Å². The molecule has 0 bridgehead atoms. The van der Waals surface area contributed by atoms with E-state index in [1.165, 1.54) is 6.42 Å². The summed E-state index contributed by atoms with van der Waals surface area (Å²) >= 11 is 0. The van der Waals surface area contributed by atoms with E-state index in [9.17, 15) is 9.59 Å². The molecule has 1 heterocycles. The Hall–Kier alpha value is -2.19. The maximum Gasteiger partial charge on any atom is 0.407 e. The van der Waals surface area contributed by atoms with Crippen LogP contribution in [0.25, 0.3) is 0 Å². The highest BCUT2D eigenvalue weighted by atomic mass is 16.6. The number of amides is 2. The van der Waals surface area contributed by atoms with Crippen LogP contribution in [0.15, 0.2) is 4.99 Å². The predicted octanol–water partition coefficient (Wildman–Crippen LogP) is 5.30. The number of alkyl carbamates (subject to hydrolysis) is 2. The van der Waals surface area contributed by atoms with E-state index in [1.807, 2.05) is 41.5 Å². The Morgan fingerprint density at radius 3 is 1.68 bits per heavy atom. The Labute approximate surface area is 225 Å². The van der Waals surface area contributed by atoms with E-state index in [-0.39, 0.29) is 36.1 Å². The molecule has 9 heteroatoms. The van der Waals surface area contributed by atoms with Gasteiger partial charge in [-0.1, -0.05) is 27.7 Å². The van der Waals surface area contributed by atoms with Crippen LogP contribution in [0.5, 0.6) is 0 Å². The molecule has 0 unspecified atom stereocenters. The zero-order valence-electron chi connectivity index (χ0n) is 25.2. The molecule has 1 fully saturated rings. The molecule has 1 saturated heterocycles. The highest BCUT2D eigenvalue weighted by molar-refractivity contribution is 5.80. The zero-order valence-corrected chi connectivity index (χ0v) is 25.2. The van der Waals surface area contributed by atoms with E-state index in [1.54, 1.807) is 0 Å². The first-order valence-electron chi connectivity index (χ1n) is 14.1. The zero-order chi connectivity index (χ0) is 28.2. The summed E-state index contributed by atoms with van der Waals surface area (Å²) < 4.78 is 10.9. The summed E-state index contributed by atoms with van der Waals surface area (Å²) in [7, 11) is 0. The smallest absolute Gasteiger partial charge is 0.407 e. The lowest BCUT2D eigenvalue weighted by Crippen LogP contribution is -2.47. The number of carbonyl (C=O) groups excluding carboxylic acids is 2. The maximum atomic E-state index is 12.3. The van der Waals surface area contributed by atoms with Crippen LogP contribution in [0.4, 0.5) is 9.59 Å². The minimum absolute atomic E-state index is 0.00620. The summed E-state index contributed by atoms with van der Waals surface area (Å²) in [6, 6.07) is -0.0298. The van der Waals surface area contributed by atoms with Crippen LogP contribution in [-0.2, 0) is 9.47 Å². The molecule has 216 valence electrons. The molecule has 1 aliphatic rings. The summed E-state index contributed by atoms with van der Waals surface area (Å²) in [6.45, 7) is 22.9. The minimum Gasteiger partial charge on any atom is -0.444 e. The fourth-order valence-electron chi connectivity index (χ4n) is 4.08. The molecule has 0 saturated carbocycles. The van der Waals surface area contributed by atoms with E-state index < -0.39 is 11.2 Å². The van der Waals surface area contributed by atoms with Crippen molar-refractivity contribution in [1.82, 2.24) is 20.9 Å². The van der Waals surface area contributed by atoms with Crippen molar-refractivity contribution in [2.45, 2.75) is 125 Å². The number of likely N-dealkylation sites (tertiary alicyclic amines) is 1. The van der Waals surface area contributed by atoms with Crippen molar-refractivity contribution in [3.63, 3.8) is 0 Å². The van der Waals surface area contributed by atoms with Gasteiger partial charge in [-0.3, -0.25) is 4.99 Å². The highest BCUT2D eigenvalue weighted by Gasteiger charge is 2.23. The number of rotatable bonds is 10. The average Bonchev–Trinajstić information content (AvgIpc) is 2.74. The second-order valence-electron chi connectivity index (χ2n) is 12.8. The number of guanidine groups is 1. The van der Waals surface area contributed by atoms with Crippen molar-refractivity contribution in [1.29, 1.82) is 0 Å². The Morgan fingerprint density at radius 2 is 1.24 bits per heavy atom. The van der Waals surface area contributed by atoms with Crippen LogP contribution in [0.2, 0.25) is 0 Å². The molecule has 2 amide bonds. The molecule has 1 rings (SSSR count). The van der Waals surface area contributed by atoms with E-state index in [0.717, 1.165) is 44.7 Å². The number of ether oxygens (including phenoxy) is 2. The molecule has 37 heavy (non-hydrogen) atoms. The summed E-state index contributed by atoms with van der Waals surface area (Å²) in [5.74, 6) is 1.44. The Balaban J connectivity index is 2.77. The quantitative estimate of drug-likeness (QED) is 0.264. The number of nitrogens with one attached hydrogen (secondary N) is 3.